The zero-order valence-electron chi connectivity index (χ0n) is 22.2. The van der Waals surface area contributed by atoms with Gasteiger partial charge in [-0.2, -0.15) is 18.2 Å². The molecule has 0 fully saturated rings. The Labute approximate surface area is 255 Å². The fourth-order valence-corrected chi connectivity index (χ4v) is 5.68. The summed E-state index contributed by atoms with van der Waals surface area (Å²) >= 11 is 5.64. The third kappa shape index (κ3) is 14.6. The molecular formula is C26H35ILiN3O4S2-2. The van der Waals surface area contributed by atoms with Gasteiger partial charge in [-0.05, 0) is 30.2 Å². The molecule has 0 aliphatic carbocycles. The minimum atomic E-state index is -0.738. The van der Waals surface area contributed by atoms with E-state index < -0.39 is 12.1 Å². The summed E-state index contributed by atoms with van der Waals surface area (Å²) in [5.74, 6) is 0.610. The van der Waals surface area contributed by atoms with Crippen molar-refractivity contribution in [1.29, 1.82) is 0 Å². The fourth-order valence-electron chi connectivity index (χ4n) is 2.88. The Balaban J connectivity index is 0.000000724. The molecule has 1 aromatic carbocycles. The Hall–Kier alpha value is -1.03. The van der Waals surface area contributed by atoms with Gasteiger partial charge < -0.3 is 38.7 Å². The quantitative estimate of drug-likeness (QED) is 0.0997. The third-order valence-electron chi connectivity index (χ3n) is 4.92. The van der Waals surface area contributed by atoms with Crippen LogP contribution in [-0.2, 0) is 20.9 Å². The number of carbonyl (C=O) groups is 2. The molecule has 11 heteroatoms. The van der Waals surface area contributed by atoms with Crippen LogP contribution in [-0.4, -0.2) is 55.3 Å². The first kappa shape index (κ1) is 36.0. The predicted octanol–water partition coefficient (Wildman–Crippen LogP) is 1.47. The minimum absolute atomic E-state index is 0. The van der Waals surface area contributed by atoms with E-state index in [1.807, 2.05) is 56.8 Å². The van der Waals surface area contributed by atoms with Crippen LogP contribution in [0.2, 0.25) is 0 Å². The van der Waals surface area contributed by atoms with Gasteiger partial charge in [-0.15, -0.1) is 11.3 Å². The first-order valence-corrected chi connectivity index (χ1v) is 14.9. The van der Waals surface area contributed by atoms with E-state index in [-0.39, 0.29) is 41.8 Å². The number of amides is 2. The van der Waals surface area contributed by atoms with Crippen molar-refractivity contribution >= 4 is 63.8 Å². The van der Waals surface area contributed by atoms with Crippen molar-refractivity contribution in [2.45, 2.75) is 64.0 Å². The molecule has 2 rings (SSSR count). The maximum Gasteiger partial charge on any atom is 1.00 e. The van der Waals surface area contributed by atoms with Crippen LogP contribution in [0.25, 0.3) is 10.4 Å². The normalized spacial score (nSPS) is 12.2. The first-order valence-electron chi connectivity index (χ1n) is 11.5. The largest absolute Gasteiger partial charge is 1.00 e. The second-order valence-corrected chi connectivity index (χ2v) is 12.2. The maximum absolute atomic E-state index is 11.5. The van der Waals surface area contributed by atoms with E-state index in [9.17, 15) is 14.4 Å². The maximum atomic E-state index is 11.5. The van der Waals surface area contributed by atoms with Gasteiger partial charge in [0, 0.05) is 22.6 Å². The van der Waals surface area contributed by atoms with E-state index in [1.165, 1.54) is 18.2 Å². The van der Waals surface area contributed by atoms with Crippen LogP contribution < -0.4 is 29.5 Å². The molecule has 0 spiro atoms. The molecular weight excluding hydrogens is 616 g/mol. The molecule has 2 aromatic rings. The molecule has 2 atom stereocenters. The summed E-state index contributed by atoms with van der Waals surface area (Å²) < 4.78 is 0.815. The number of thiazole rings is 1. The fraction of sp³-hybridized carbons (Fsp3) is 0.462. The molecule has 1 aromatic heterocycles. The number of halogens is 1. The molecule has 0 saturated carbocycles. The second kappa shape index (κ2) is 19.1. The molecule has 1 heterocycles. The van der Waals surface area contributed by atoms with Crippen LogP contribution in [0.4, 0.5) is 0 Å². The van der Waals surface area contributed by atoms with Crippen LogP contribution in [0, 0.1) is 20.3 Å². The number of aryl methyl sites for hydroxylation is 1. The number of hydrogen-bond donors (Lipinski definition) is 3. The van der Waals surface area contributed by atoms with Gasteiger partial charge in [0.1, 0.15) is 0 Å². The summed E-state index contributed by atoms with van der Waals surface area (Å²) in [6.07, 6.45) is 3.94. The molecule has 0 aliphatic heterocycles. The minimum Gasteiger partial charge on any atom is -0.540 e. The molecule has 2 amide bonds. The number of alkyl halides is 1. The number of nitrogens with zero attached hydrogens (tertiary/aromatic N) is 1. The number of aliphatic hydroxyl groups is 1. The molecule has 200 valence electrons. The number of rotatable bonds is 13. The molecule has 0 unspecified atom stereocenters. The monoisotopic (exact) mass is 651 g/mol. The van der Waals surface area contributed by atoms with Crippen molar-refractivity contribution in [3.05, 3.63) is 54.4 Å². The summed E-state index contributed by atoms with van der Waals surface area (Å²) in [6, 6.07) is 7.52. The van der Waals surface area contributed by atoms with Gasteiger partial charge in [0.05, 0.1) is 22.0 Å². The number of benzene rings is 1. The van der Waals surface area contributed by atoms with Crippen molar-refractivity contribution in [3.63, 3.8) is 0 Å². The van der Waals surface area contributed by atoms with E-state index in [0.717, 1.165) is 33.4 Å². The van der Waals surface area contributed by atoms with Crippen LogP contribution in [0.1, 0.15) is 44.9 Å². The van der Waals surface area contributed by atoms with Gasteiger partial charge in [0.2, 0.25) is 5.91 Å². The van der Waals surface area contributed by atoms with Crippen LogP contribution in [0.3, 0.4) is 0 Å². The Morgan fingerprint density at radius 2 is 1.97 bits per heavy atom. The Morgan fingerprint density at radius 3 is 2.46 bits per heavy atom. The molecule has 7 nitrogen and oxygen atoms in total. The molecule has 3 N–H and O–H groups in total. The van der Waals surface area contributed by atoms with Gasteiger partial charge in [-0.3, -0.25) is 4.79 Å². The van der Waals surface area contributed by atoms with E-state index in [1.54, 1.807) is 23.1 Å². The molecule has 0 bridgehead atoms. The van der Waals surface area contributed by atoms with Gasteiger partial charge in [-0.25, -0.2) is 11.3 Å². The van der Waals surface area contributed by atoms with Crippen molar-refractivity contribution in [2.75, 3.05) is 10.2 Å². The van der Waals surface area contributed by atoms with E-state index in [4.69, 9.17) is 5.11 Å². The van der Waals surface area contributed by atoms with Crippen LogP contribution in [0.15, 0.2) is 29.8 Å². The predicted molar refractivity (Wildman–Crippen MR) is 158 cm³/mol. The van der Waals surface area contributed by atoms with Gasteiger partial charge >= 0.3 is 18.9 Å². The Morgan fingerprint density at radius 1 is 1.32 bits per heavy atom. The SMILES string of the molecule is CC(=O)N[C@H]([C-]=O)C(C)(C)SCCCI.[CH2-][C@H](O)C[CH-]C(=O)NCc1ccc(-c2scnc2C)cc1.[Li+]. The van der Waals surface area contributed by atoms with E-state index in [0.29, 0.717) is 6.54 Å². The molecule has 37 heavy (non-hydrogen) atoms. The van der Waals surface area contributed by atoms with Crippen molar-refractivity contribution < 1.29 is 38.4 Å². The average Bonchev–Trinajstić information content (AvgIpc) is 3.26. The van der Waals surface area contributed by atoms with E-state index in [2.05, 4.69) is 45.1 Å². The zero-order valence-corrected chi connectivity index (χ0v) is 26.0. The third-order valence-corrected chi connectivity index (χ3v) is 8.13. The molecule has 0 radical (unpaired) electrons. The standard InChI is InChI=1S/C16H18N2O2S.C10H17INO2S.Li/c1-11(19)3-8-15(20)17-9-13-4-6-14(7-5-13)16-12(2)18-10-21-16;1-8(14)12-9(7-13)10(2,3)15-6-4-5-11;/h4-8,10-11,19H,1,3,9H2,2H3,(H,17,20);9H,4-6H2,1-3H3,(H,12,14);/q-2;-1;+1/t11-;9-;/m01./s1. The van der Waals surface area contributed by atoms with Crippen LogP contribution in [0.5, 0.6) is 0 Å². The molecule has 0 aliphatic rings. The van der Waals surface area contributed by atoms with Crippen molar-refractivity contribution in [2.24, 2.45) is 0 Å². The van der Waals surface area contributed by atoms with Gasteiger partial charge in [0.25, 0.3) is 0 Å². The summed E-state index contributed by atoms with van der Waals surface area (Å²) in [5, 5.41) is 14.4. The molecule has 0 saturated heterocycles. The topological polar surface area (TPSA) is 108 Å². The summed E-state index contributed by atoms with van der Waals surface area (Å²) in [6.45, 7) is 11.2. The Kier molecular flexibility index (Phi) is 18.6. The number of hydrogen-bond acceptors (Lipinski definition) is 7. The van der Waals surface area contributed by atoms with Gasteiger partial charge in [-0.1, -0.05) is 72.8 Å². The number of nitrogens with one attached hydrogen (secondary N) is 2. The van der Waals surface area contributed by atoms with Gasteiger partial charge in [0.15, 0.2) is 0 Å². The number of aromatic nitrogens is 1. The number of aliphatic hydroxyl groups excluding tert-OH is 1. The summed E-state index contributed by atoms with van der Waals surface area (Å²) in [5.41, 5.74) is 5.03. The van der Waals surface area contributed by atoms with Crippen molar-refractivity contribution in [1.82, 2.24) is 15.6 Å². The van der Waals surface area contributed by atoms with E-state index >= 15 is 0 Å². The van der Waals surface area contributed by atoms with Crippen molar-refractivity contribution in [3.8, 4) is 10.4 Å². The zero-order chi connectivity index (χ0) is 27.1. The van der Waals surface area contributed by atoms with Crippen LogP contribution >= 0.6 is 45.7 Å². The smallest absolute Gasteiger partial charge is 0.540 e. The second-order valence-electron chi connectivity index (χ2n) is 8.52. The average molecular weight is 652 g/mol. The number of carbonyl (C=O) groups excluding carboxylic acids is 3. The Bertz CT molecular complexity index is 956. The number of thioether (sulfide) groups is 1. The summed E-state index contributed by atoms with van der Waals surface area (Å²) in [7, 11) is 0. The first-order chi connectivity index (χ1) is 17.0. The summed E-state index contributed by atoms with van der Waals surface area (Å²) in [4.78, 5) is 38.6.